The Morgan fingerprint density at radius 1 is 1.00 bits per heavy atom. The topological polar surface area (TPSA) is 0 Å². The average Bonchev–Trinajstić information content (AvgIpc) is 2.10. The summed E-state index contributed by atoms with van der Waals surface area (Å²) in [6, 6.07) is 0. The molecule has 0 aromatic heterocycles. The Kier molecular flexibility index (Phi) is 9.10. The molecule has 0 nitrogen and oxygen atoms in total. The van der Waals surface area contributed by atoms with Crippen LogP contribution in [0.15, 0.2) is 49.1 Å². The first-order valence-electron chi connectivity index (χ1n) is 4.45. The van der Waals surface area contributed by atoms with E-state index in [1.807, 2.05) is 6.08 Å². The maximum absolute atomic E-state index is 3.60. The number of hydrogen-bond acceptors (Lipinski definition) is 0. The summed E-state index contributed by atoms with van der Waals surface area (Å²) in [4.78, 5) is 0. The molecule has 12 heavy (non-hydrogen) atoms. The summed E-state index contributed by atoms with van der Waals surface area (Å²) in [7, 11) is 0. The lowest BCUT2D eigenvalue weighted by molar-refractivity contribution is 1.04. The Bertz CT molecular complexity index is 170. The predicted molar refractivity (Wildman–Crippen MR) is 57.1 cm³/mol. The molecule has 0 rings (SSSR count). The van der Waals surface area contributed by atoms with Gasteiger partial charge in [0.2, 0.25) is 0 Å². The molecular formula is C12H18. The van der Waals surface area contributed by atoms with Crippen molar-refractivity contribution >= 4 is 0 Å². The minimum atomic E-state index is 1.02. The molecule has 0 saturated carbocycles. The van der Waals surface area contributed by atoms with Crippen LogP contribution in [0.1, 0.15) is 26.2 Å². The quantitative estimate of drug-likeness (QED) is 0.314. The van der Waals surface area contributed by atoms with Crippen molar-refractivity contribution < 1.29 is 0 Å². The first kappa shape index (κ1) is 11.0. The predicted octanol–water partition coefficient (Wildman–Crippen LogP) is 4.03. The first-order valence-corrected chi connectivity index (χ1v) is 4.45. The van der Waals surface area contributed by atoms with Gasteiger partial charge < -0.3 is 0 Å². The molecule has 0 saturated heterocycles. The zero-order valence-corrected chi connectivity index (χ0v) is 7.87. The van der Waals surface area contributed by atoms with Gasteiger partial charge in [0.1, 0.15) is 0 Å². The Morgan fingerprint density at radius 3 is 2.42 bits per heavy atom. The van der Waals surface area contributed by atoms with E-state index >= 15 is 0 Å². The lowest BCUT2D eigenvalue weighted by Gasteiger charge is -1.84. The van der Waals surface area contributed by atoms with E-state index in [1.54, 1.807) is 6.08 Å². The summed E-state index contributed by atoms with van der Waals surface area (Å²) in [6.45, 7) is 5.65. The van der Waals surface area contributed by atoms with Crippen LogP contribution in [0.3, 0.4) is 0 Å². The highest BCUT2D eigenvalue weighted by Crippen LogP contribution is 1.94. The van der Waals surface area contributed by atoms with E-state index < -0.39 is 0 Å². The van der Waals surface area contributed by atoms with E-state index in [0.717, 1.165) is 19.3 Å². The van der Waals surface area contributed by atoms with E-state index in [4.69, 9.17) is 0 Å². The molecule has 0 unspecified atom stereocenters. The van der Waals surface area contributed by atoms with Crippen molar-refractivity contribution in [3.8, 4) is 0 Å². The second-order valence-electron chi connectivity index (χ2n) is 2.52. The van der Waals surface area contributed by atoms with Crippen LogP contribution in [0.5, 0.6) is 0 Å². The molecule has 0 aliphatic carbocycles. The fourth-order valence-corrected chi connectivity index (χ4v) is 0.827. The second-order valence-corrected chi connectivity index (χ2v) is 2.52. The van der Waals surface area contributed by atoms with Crippen LogP contribution in [-0.2, 0) is 0 Å². The van der Waals surface area contributed by atoms with Gasteiger partial charge in [-0.15, -0.1) is 0 Å². The number of rotatable bonds is 6. The van der Waals surface area contributed by atoms with Gasteiger partial charge in [0.15, 0.2) is 0 Å². The maximum atomic E-state index is 3.60. The molecule has 0 fully saturated rings. The maximum Gasteiger partial charge on any atom is -0.0166 e. The average molecular weight is 162 g/mol. The van der Waals surface area contributed by atoms with E-state index in [-0.39, 0.29) is 0 Å². The lowest BCUT2D eigenvalue weighted by atomic mass is 10.2. The number of allylic oxidation sites excluding steroid dienone is 7. The zero-order valence-electron chi connectivity index (χ0n) is 7.87. The van der Waals surface area contributed by atoms with Gasteiger partial charge in [-0.05, 0) is 26.2 Å². The molecule has 0 amide bonds. The summed E-state index contributed by atoms with van der Waals surface area (Å²) in [6.07, 6.45) is 17.8. The smallest absolute Gasteiger partial charge is 0.0166 e. The summed E-state index contributed by atoms with van der Waals surface area (Å²) >= 11 is 0. The van der Waals surface area contributed by atoms with Gasteiger partial charge in [-0.3, -0.25) is 0 Å². The van der Waals surface area contributed by atoms with Gasteiger partial charge in [0, 0.05) is 0 Å². The van der Waals surface area contributed by atoms with E-state index in [0.29, 0.717) is 0 Å². The molecule has 0 aromatic rings. The van der Waals surface area contributed by atoms with Gasteiger partial charge in [0.05, 0.1) is 0 Å². The van der Waals surface area contributed by atoms with Crippen molar-refractivity contribution in [2.24, 2.45) is 0 Å². The molecule has 0 aromatic carbocycles. The molecule has 66 valence electrons. The van der Waals surface area contributed by atoms with E-state index in [1.165, 1.54) is 0 Å². The van der Waals surface area contributed by atoms with Gasteiger partial charge in [-0.25, -0.2) is 0 Å². The van der Waals surface area contributed by atoms with Crippen molar-refractivity contribution in [2.75, 3.05) is 0 Å². The fraction of sp³-hybridized carbons (Fsp3) is 0.333. The van der Waals surface area contributed by atoms with Crippen molar-refractivity contribution in [3.05, 3.63) is 49.1 Å². The normalized spacial score (nSPS) is 12.1. The third kappa shape index (κ3) is 8.96. The van der Waals surface area contributed by atoms with Crippen molar-refractivity contribution in [1.29, 1.82) is 0 Å². The van der Waals surface area contributed by atoms with E-state index in [2.05, 4.69) is 43.9 Å². The number of unbranched alkanes of at least 4 members (excludes halogenated alkanes) is 1. The molecule has 0 N–H and O–H groups in total. The van der Waals surface area contributed by atoms with Crippen LogP contribution < -0.4 is 0 Å². The Hall–Kier alpha value is -1.04. The van der Waals surface area contributed by atoms with Gasteiger partial charge in [0.25, 0.3) is 0 Å². The van der Waals surface area contributed by atoms with Crippen molar-refractivity contribution in [1.82, 2.24) is 0 Å². The summed E-state index contributed by atoms with van der Waals surface area (Å²) in [5.74, 6) is 0. The molecule has 0 aliphatic heterocycles. The Morgan fingerprint density at radius 2 is 1.75 bits per heavy atom. The highest BCUT2D eigenvalue weighted by molar-refractivity contribution is 5.01. The minimum absolute atomic E-state index is 1.02. The van der Waals surface area contributed by atoms with Crippen LogP contribution in [0.4, 0.5) is 0 Å². The van der Waals surface area contributed by atoms with Crippen LogP contribution >= 0.6 is 0 Å². The van der Waals surface area contributed by atoms with E-state index in [9.17, 15) is 0 Å². The van der Waals surface area contributed by atoms with Gasteiger partial charge >= 0.3 is 0 Å². The Balaban J connectivity index is 3.25. The monoisotopic (exact) mass is 162 g/mol. The first-order chi connectivity index (χ1) is 5.91. The van der Waals surface area contributed by atoms with Crippen molar-refractivity contribution in [2.45, 2.75) is 26.2 Å². The second kappa shape index (κ2) is 9.96. The summed E-state index contributed by atoms with van der Waals surface area (Å²) in [5, 5.41) is 0. The third-order valence-corrected chi connectivity index (χ3v) is 1.45. The highest BCUT2D eigenvalue weighted by Gasteiger charge is 1.74. The summed E-state index contributed by atoms with van der Waals surface area (Å²) < 4.78 is 0. The molecule has 0 radical (unpaired) electrons. The molecule has 0 atom stereocenters. The molecule has 0 heterocycles. The standard InChI is InChI=1S/C12H18/c1-3-5-7-9-11-12-10-8-6-4-2/h3-7,11-12H,1,8-10H2,2H3. The molecule has 0 spiro atoms. The Labute approximate surface area is 76.0 Å². The molecule has 0 aliphatic rings. The zero-order chi connectivity index (χ0) is 9.07. The molecule has 0 bridgehead atoms. The van der Waals surface area contributed by atoms with Crippen molar-refractivity contribution in [3.63, 3.8) is 0 Å². The summed E-state index contributed by atoms with van der Waals surface area (Å²) in [5.41, 5.74) is 0. The lowest BCUT2D eigenvalue weighted by Crippen LogP contribution is -1.64. The van der Waals surface area contributed by atoms with Crippen LogP contribution in [0.2, 0.25) is 0 Å². The van der Waals surface area contributed by atoms with Crippen LogP contribution in [0.25, 0.3) is 0 Å². The molecular weight excluding hydrogens is 144 g/mol. The highest BCUT2D eigenvalue weighted by atomic mass is 13.8. The van der Waals surface area contributed by atoms with Gasteiger partial charge in [-0.2, -0.15) is 0 Å². The SMILES string of the molecule is C=CC=CCC=CCCC=CC. The fourth-order valence-electron chi connectivity index (χ4n) is 0.827. The van der Waals surface area contributed by atoms with Crippen LogP contribution in [0, 0.1) is 0 Å². The van der Waals surface area contributed by atoms with Gasteiger partial charge in [-0.1, -0.05) is 49.1 Å². The largest absolute Gasteiger partial charge is 0.0991 e. The third-order valence-electron chi connectivity index (χ3n) is 1.45. The van der Waals surface area contributed by atoms with Crippen LogP contribution in [-0.4, -0.2) is 0 Å². The number of hydrogen-bond donors (Lipinski definition) is 0. The molecule has 0 heteroatoms. The minimum Gasteiger partial charge on any atom is -0.0991 e.